The second-order valence-electron chi connectivity index (χ2n) is 2.60. The Morgan fingerprint density at radius 1 is 1.53 bits per heavy atom. The molecule has 1 rings (SSSR count). The SMILES string of the molecule is CCO/C(=N/C(=O)[O-])c1ccccc1Cl. The van der Waals surface area contributed by atoms with E-state index in [1.165, 1.54) is 0 Å². The maximum absolute atomic E-state index is 10.3. The van der Waals surface area contributed by atoms with E-state index in [0.717, 1.165) is 0 Å². The molecule has 5 heteroatoms. The van der Waals surface area contributed by atoms with Gasteiger partial charge in [0.25, 0.3) is 0 Å². The van der Waals surface area contributed by atoms with Gasteiger partial charge in [0.2, 0.25) is 5.90 Å². The number of carboxylic acid groups (broad SMARTS) is 1. The van der Waals surface area contributed by atoms with Crippen LogP contribution in [0.25, 0.3) is 0 Å². The van der Waals surface area contributed by atoms with Crippen LogP contribution in [-0.2, 0) is 4.74 Å². The number of benzene rings is 1. The normalized spacial score (nSPS) is 11.2. The Labute approximate surface area is 92.2 Å². The summed E-state index contributed by atoms with van der Waals surface area (Å²) in [5, 5.41) is 10.7. The van der Waals surface area contributed by atoms with Crippen molar-refractivity contribution >= 4 is 23.6 Å². The minimum Gasteiger partial charge on any atom is -0.528 e. The van der Waals surface area contributed by atoms with Crippen molar-refractivity contribution in [3.63, 3.8) is 0 Å². The standard InChI is InChI=1S/C10H10ClNO3/c1-2-15-9(12-10(13)14)7-5-3-4-6-8(7)11/h3-6H,2H2,1H3,(H,13,14)/p-1/b12-9+. The third-order valence-corrected chi connectivity index (χ3v) is 1.91. The summed E-state index contributed by atoms with van der Waals surface area (Å²) in [5.74, 6) is -0.0388. The molecule has 0 aliphatic carbocycles. The first-order valence-corrected chi connectivity index (χ1v) is 4.70. The minimum atomic E-state index is -1.56. The largest absolute Gasteiger partial charge is 0.528 e. The molecular weight excluding hydrogens is 218 g/mol. The fraction of sp³-hybridized carbons (Fsp3) is 0.200. The molecule has 0 saturated heterocycles. The van der Waals surface area contributed by atoms with Crippen LogP contribution < -0.4 is 5.11 Å². The zero-order chi connectivity index (χ0) is 11.3. The molecule has 15 heavy (non-hydrogen) atoms. The molecule has 0 unspecified atom stereocenters. The van der Waals surface area contributed by atoms with Crippen molar-refractivity contribution in [3.8, 4) is 0 Å². The van der Waals surface area contributed by atoms with Crippen molar-refractivity contribution in [3.05, 3.63) is 34.9 Å². The zero-order valence-electron chi connectivity index (χ0n) is 8.07. The molecule has 0 radical (unpaired) electrons. The smallest absolute Gasteiger partial charge is 0.224 e. The molecule has 0 saturated carbocycles. The van der Waals surface area contributed by atoms with Crippen molar-refractivity contribution in [1.29, 1.82) is 0 Å². The molecule has 1 amide bonds. The Bertz CT molecular complexity index is 390. The van der Waals surface area contributed by atoms with E-state index in [4.69, 9.17) is 16.3 Å². The summed E-state index contributed by atoms with van der Waals surface area (Å²) in [7, 11) is 0. The van der Waals surface area contributed by atoms with E-state index >= 15 is 0 Å². The molecule has 0 atom stereocenters. The molecule has 4 nitrogen and oxygen atoms in total. The first-order valence-electron chi connectivity index (χ1n) is 4.32. The van der Waals surface area contributed by atoms with Crippen LogP contribution >= 0.6 is 11.6 Å². The van der Waals surface area contributed by atoms with Gasteiger partial charge in [-0.3, -0.25) is 0 Å². The van der Waals surface area contributed by atoms with Gasteiger partial charge in [-0.15, -0.1) is 0 Å². The summed E-state index contributed by atoms with van der Waals surface area (Å²) in [4.78, 5) is 13.6. The Kier molecular flexibility index (Phi) is 4.12. The third kappa shape index (κ3) is 3.25. The van der Waals surface area contributed by atoms with Gasteiger partial charge in [-0.05, 0) is 19.1 Å². The van der Waals surface area contributed by atoms with Crippen molar-refractivity contribution < 1.29 is 14.6 Å². The highest BCUT2D eigenvalue weighted by Crippen LogP contribution is 2.16. The van der Waals surface area contributed by atoms with Gasteiger partial charge in [-0.1, -0.05) is 23.7 Å². The lowest BCUT2D eigenvalue weighted by atomic mass is 10.2. The predicted octanol–water partition coefficient (Wildman–Crippen LogP) is 1.47. The van der Waals surface area contributed by atoms with Crippen molar-refractivity contribution in [2.75, 3.05) is 6.61 Å². The quantitative estimate of drug-likeness (QED) is 0.567. The second kappa shape index (κ2) is 5.36. The summed E-state index contributed by atoms with van der Waals surface area (Å²) in [5.41, 5.74) is 0.435. The van der Waals surface area contributed by atoms with E-state index in [1.807, 2.05) is 0 Å². The molecule has 0 aliphatic heterocycles. The van der Waals surface area contributed by atoms with Crippen LogP contribution in [0.15, 0.2) is 29.3 Å². The summed E-state index contributed by atoms with van der Waals surface area (Å²) < 4.78 is 5.06. The van der Waals surface area contributed by atoms with Crippen LogP contribution in [0.3, 0.4) is 0 Å². The summed E-state index contributed by atoms with van der Waals surface area (Å²) in [6, 6.07) is 6.69. The number of amides is 1. The number of carbonyl (C=O) groups is 1. The van der Waals surface area contributed by atoms with E-state index in [0.29, 0.717) is 17.2 Å². The molecule has 0 N–H and O–H groups in total. The number of hydrogen-bond acceptors (Lipinski definition) is 3. The minimum absolute atomic E-state index is 0.0388. The first-order chi connectivity index (χ1) is 7.15. The van der Waals surface area contributed by atoms with Crippen LogP contribution in [0, 0.1) is 0 Å². The number of aliphatic imine (C=N–C) groups is 1. The average molecular weight is 227 g/mol. The molecule has 1 aromatic carbocycles. The fourth-order valence-corrected chi connectivity index (χ4v) is 1.24. The fourth-order valence-electron chi connectivity index (χ4n) is 1.02. The van der Waals surface area contributed by atoms with E-state index in [1.54, 1.807) is 31.2 Å². The maximum Gasteiger partial charge on any atom is 0.224 e. The zero-order valence-corrected chi connectivity index (χ0v) is 8.82. The third-order valence-electron chi connectivity index (χ3n) is 1.58. The Hall–Kier alpha value is -1.55. The van der Waals surface area contributed by atoms with E-state index in [2.05, 4.69) is 4.99 Å². The number of rotatable bonds is 2. The Morgan fingerprint density at radius 2 is 2.20 bits per heavy atom. The summed E-state index contributed by atoms with van der Waals surface area (Å²) in [6.45, 7) is 2.03. The van der Waals surface area contributed by atoms with Gasteiger partial charge in [-0.2, -0.15) is 4.99 Å². The predicted molar refractivity (Wildman–Crippen MR) is 55.0 cm³/mol. The van der Waals surface area contributed by atoms with E-state index in [9.17, 15) is 9.90 Å². The van der Waals surface area contributed by atoms with Gasteiger partial charge in [-0.25, -0.2) is 0 Å². The number of hydrogen-bond donors (Lipinski definition) is 0. The Morgan fingerprint density at radius 3 is 2.73 bits per heavy atom. The lowest BCUT2D eigenvalue weighted by molar-refractivity contribution is -0.245. The highest BCUT2D eigenvalue weighted by Gasteiger charge is 2.08. The maximum atomic E-state index is 10.3. The van der Waals surface area contributed by atoms with E-state index < -0.39 is 6.09 Å². The average Bonchev–Trinajstić information content (AvgIpc) is 2.17. The van der Waals surface area contributed by atoms with Gasteiger partial charge < -0.3 is 14.6 Å². The number of nitrogens with zero attached hydrogens (tertiary/aromatic N) is 1. The molecule has 0 fully saturated rings. The lowest BCUT2D eigenvalue weighted by Crippen LogP contribution is -2.21. The number of halogens is 1. The highest BCUT2D eigenvalue weighted by atomic mass is 35.5. The van der Waals surface area contributed by atoms with Crippen LogP contribution in [0.1, 0.15) is 12.5 Å². The van der Waals surface area contributed by atoms with Gasteiger partial charge >= 0.3 is 0 Å². The van der Waals surface area contributed by atoms with Gasteiger partial charge in [0.15, 0.2) is 6.09 Å². The topological polar surface area (TPSA) is 61.7 Å². The van der Waals surface area contributed by atoms with Gasteiger partial charge in [0.1, 0.15) is 0 Å². The molecule has 1 aromatic rings. The number of carbonyl (C=O) groups excluding carboxylic acids is 1. The molecular formula is C10H9ClNO3-. The summed E-state index contributed by atoms with van der Waals surface area (Å²) >= 11 is 5.86. The second-order valence-corrected chi connectivity index (χ2v) is 3.00. The van der Waals surface area contributed by atoms with Crippen LogP contribution in [0.2, 0.25) is 5.02 Å². The first kappa shape index (κ1) is 11.5. The molecule has 80 valence electrons. The monoisotopic (exact) mass is 226 g/mol. The van der Waals surface area contributed by atoms with Crippen molar-refractivity contribution in [2.24, 2.45) is 4.99 Å². The van der Waals surface area contributed by atoms with Crippen LogP contribution in [-0.4, -0.2) is 18.6 Å². The molecule has 0 aromatic heterocycles. The van der Waals surface area contributed by atoms with Crippen LogP contribution in [0.5, 0.6) is 0 Å². The molecule has 0 heterocycles. The lowest BCUT2D eigenvalue weighted by Gasteiger charge is -2.09. The Balaban J connectivity index is 3.10. The number of ether oxygens (including phenoxy) is 1. The molecule has 0 spiro atoms. The summed E-state index contributed by atoms with van der Waals surface area (Å²) in [6.07, 6.45) is -1.56. The van der Waals surface area contributed by atoms with Crippen molar-refractivity contribution in [1.82, 2.24) is 0 Å². The van der Waals surface area contributed by atoms with E-state index in [-0.39, 0.29) is 5.90 Å². The molecule has 0 bridgehead atoms. The molecule has 0 aliphatic rings. The van der Waals surface area contributed by atoms with Crippen LogP contribution in [0.4, 0.5) is 4.79 Å². The highest BCUT2D eigenvalue weighted by molar-refractivity contribution is 6.34. The van der Waals surface area contributed by atoms with Crippen molar-refractivity contribution in [2.45, 2.75) is 6.92 Å². The van der Waals surface area contributed by atoms with Gasteiger partial charge in [0, 0.05) is 0 Å². The van der Waals surface area contributed by atoms with Gasteiger partial charge in [0.05, 0.1) is 17.2 Å².